The van der Waals surface area contributed by atoms with Gasteiger partial charge in [-0.05, 0) is 99.1 Å². The number of benzene rings is 7. The van der Waals surface area contributed by atoms with Crippen LogP contribution in [0.15, 0.2) is 138 Å². The average molecular weight is 754 g/mol. The Hall–Kier alpha value is -6.11. The maximum absolute atomic E-state index is 6.64. The van der Waals surface area contributed by atoms with E-state index in [9.17, 15) is 0 Å². The highest BCUT2D eigenvalue weighted by atomic mass is 32.1. The number of oxazole rings is 1. The monoisotopic (exact) mass is 753 g/mol. The van der Waals surface area contributed by atoms with E-state index >= 15 is 0 Å². The summed E-state index contributed by atoms with van der Waals surface area (Å²) in [6.45, 7) is 13.7. The zero-order chi connectivity index (χ0) is 38.5. The summed E-state index contributed by atoms with van der Waals surface area (Å²) >= 11 is 1.88. The van der Waals surface area contributed by atoms with Crippen molar-refractivity contribution in [2.75, 3.05) is 4.81 Å². The van der Waals surface area contributed by atoms with Gasteiger partial charge >= 0.3 is 6.85 Å². The Morgan fingerprint density at radius 2 is 1.35 bits per heavy atom. The minimum absolute atomic E-state index is 0.00254. The van der Waals surface area contributed by atoms with Gasteiger partial charge in [0.15, 0.2) is 5.58 Å². The molecule has 2 aliphatic rings. The van der Waals surface area contributed by atoms with E-state index in [0.29, 0.717) is 5.89 Å². The predicted octanol–water partition coefficient (Wildman–Crippen LogP) is 12.8. The second-order valence-corrected chi connectivity index (χ2v) is 19.1. The van der Waals surface area contributed by atoms with E-state index in [-0.39, 0.29) is 17.7 Å². The third kappa shape index (κ3) is 4.65. The van der Waals surface area contributed by atoms with Gasteiger partial charge in [0.1, 0.15) is 5.52 Å². The van der Waals surface area contributed by atoms with Gasteiger partial charge in [-0.25, -0.2) is 4.98 Å². The first-order valence-corrected chi connectivity index (χ1v) is 20.8. The Bertz CT molecular complexity index is 3320. The van der Waals surface area contributed by atoms with Crippen molar-refractivity contribution in [3.05, 3.63) is 145 Å². The molecule has 57 heavy (non-hydrogen) atoms. The van der Waals surface area contributed by atoms with E-state index in [0.717, 1.165) is 22.4 Å². The molecule has 5 heterocycles. The van der Waals surface area contributed by atoms with Gasteiger partial charge in [0.05, 0.1) is 11.0 Å². The molecule has 0 spiro atoms. The normalized spacial score (nSPS) is 13.7. The number of rotatable bonds is 2. The second kappa shape index (κ2) is 11.3. The lowest BCUT2D eigenvalue weighted by Gasteiger charge is -2.42. The van der Waals surface area contributed by atoms with Gasteiger partial charge in [0.25, 0.3) is 0 Å². The molecule has 3 aromatic heterocycles. The van der Waals surface area contributed by atoms with Crippen LogP contribution in [0.4, 0.5) is 11.4 Å². The van der Waals surface area contributed by atoms with Gasteiger partial charge < -0.3 is 13.8 Å². The molecule has 0 unspecified atom stereocenters. The lowest BCUT2D eigenvalue weighted by atomic mass is 9.44. The van der Waals surface area contributed by atoms with Crippen LogP contribution in [-0.2, 0) is 10.8 Å². The quantitative estimate of drug-likeness (QED) is 0.165. The van der Waals surface area contributed by atoms with E-state index < -0.39 is 0 Å². The topological polar surface area (TPSA) is 34.2 Å². The van der Waals surface area contributed by atoms with Crippen LogP contribution in [0.25, 0.3) is 81.3 Å². The van der Waals surface area contributed by atoms with Crippen molar-refractivity contribution in [1.29, 1.82) is 0 Å². The maximum atomic E-state index is 6.64. The van der Waals surface area contributed by atoms with Crippen LogP contribution in [0.3, 0.4) is 0 Å². The average Bonchev–Trinajstić information content (AvgIpc) is 3.89. The fourth-order valence-electron chi connectivity index (χ4n) is 9.61. The molecule has 0 saturated heterocycles. The SMILES string of the molecule is CC(C)(C)c1ccc(N2B3c4cc5nc(-c6ccccc6)oc5cc4-n4c5cc6c(cc5c5ccc(c3c54)-c3cc(C(C)(C)C)ccc32)sc2ccccc26)cc1. The summed E-state index contributed by atoms with van der Waals surface area (Å²) in [7, 11) is 0. The molecule has 274 valence electrons. The summed E-state index contributed by atoms with van der Waals surface area (Å²) in [5, 5.41) is 5.16. The van der Waals surface area contributed by atoms with Crippen molar-refractivity contribution in [3.8, 4) is 28.3 Å². The molecular weight excluding hydrogens is 713 g/mol. The van der Waals surface area contributed by atoms with Crippen LogP contribution in [-0.4, -0.2) is 16.4 Å². The van der Waals surface area contributed by atoms with Crippen molar-refractivity contribution < 1.29 is 4.42 Å². The third-order valence-corrected chi connectivity index (χ3v) is 13.6. The fraction of sp³-hybridized carbons (Fsp3) is 0.157. The highest BCUT2D eigenvalue weighted by Crippen LogP contribution is 2.48. The van der Waals surface area contributed by atoms with Gasteiger partial charge in [0, 0.05) is 65.2 Å². The van der Waals surface area contributed by atoms with Crippen LogP contribution in [0, 0.1) is 0 Å². The Balaban J connectivity index is 1.23. The molecule has 0 amide bonds. The number of anilines is 2. The molecule has 4 nitrogen and oxygen atoms in total. The van der Waals surface area contributed by atoms with Gasteiger partial charge in [-0.15, -0.1) is 11.3 Å². The van der Waals surface area contributed by atoms with Crippen molar-refractivity contribution in [1.82, 2.24) is 9.55 Å². The van der Waals surface area contributed by atoms with E-state index in [1.807, 2.05) is 29.5 Å². The van der Waals surface area contributed by atoms with E-state index in [1.54, 1.807) is 0 Å². The lowest BCUT2D eigenvalue weighted by molar-refractivity contribution is 0.590. The van der Waals surface area contributed by atoms with Crippen molar-refractivity contribution in [3.63, 3.8) is 0 Å². The number of hydrogen-bond acceptors (Lipinski definition) is 4. The molecule has 0 saturated carbocycles. The molecule has 12 rings (SSSR count). The van der Waals surface area contributed by atoms with E-state index in [2.05, 4.69) is 166 Å². The summed E-state index contributed by atoms with van der Waals surface area (Å²) in [5.74, 6) is 0.637. The smallest absolute Gasteiger partial charge is 0.333 e. The summed E-state index contributed by atoms with van der Waals surface area (Å²) in [6.07, 6.45) is 0. The zero-order valence-corrected chi connectivity index (χ0v) is 33.8. The first-order valence-electron chi connectivity index (χ1n) is 20.0. The zero-order valence-electron chi connectivity index (χ0n) is 32.9. The van der Waals surface area contributed by atoms with E-state index in [4.69, 9.17) is 9.40 Å². The summed E-state index contributed by atoms with van der Waals surface area (Å²) < 4.78 is 11.8. The Labute approximate surface area is 336 Å². The van der Waals surface area contributed by atoms with Gasteiger partial charge in [-0.2, -0.15) is 0 Å². The maximum Gasteiger partial charge on any atom is 0.333 e. The summed E-state index contributed by atoms with van der Waals surface area (Å²) in [4.78, 5) is 7.75. The molecule has 7 aromatic carbocycles. The first kappa shape index (κ1) is 33.1. The number of aromatic nitrogens is 2. The highest BCUT2D eigenvalue weighted by Gasteiger charge is 2.44. The minimum atomic E-state index is -0.104. The van der Waals surface area contributed by atoms with Crippen LogP contribution in [0.1, 0.15) is 52.7 Å². The van der Waals surface area contributed by atoms with Crippen molar-refractivity contribution >= 4 is 93.6 Å². The molecule has 6 heteroatoms. The van der Waals surface area contributed by atoms with Crippen LogP contribution in [0.2, 0.25) is 0 Å². The largest absolute Gasteiger partial charge is 0.436 e. The molecule has 10 aromatic rings. The van der Waals surface area contributed by atoms with Crippen LogP contribution in [0.5, 0.6) is 0 Å². The second-order valence-electron chi connectivity index (χ2n) is 18.0. The first-order chi connectivity index (χ1) is 27.5. The molecule has 0 fully saturated rings. The molecule has 0 N–H and O–H groups in total. The van der Waals surface area contributed by atoms with Gasteiger partial charge in [0.2, 0.25) is 5.89 Å². The van der Waals surface area contributed by atoms with Gasteiger partial charge in [-0.1, -0.05) is 108 Å². The van der Waals surface area contributed by atoms with Crippen molar-refractivity contribution in [2.45, 2.75) is 52.4 Å². The Morgan fingerprint density at radius 1 is 0.596 bits per heavy atom. The number of fused-ring (bicyclic) bond motifs is 12. The standard InChI is InChI=1S/C51H40BN3OS/c1-50(2,3)30-16-19-32(20-17-30)55-41-23-18-31(51(4,5)6)24-36(41)34-21-22-35-37-26-46-38(33-14-10-11-15-45(33)57-46)25-42(37)54-43-28-44-40(27-39(43)52(55)47(34)48(35)54)53-49(56-44)29-12-8-7-9-13-29/h7-28H,1-6H3. The molecular formula is C51H40BN3OS. The molecule has 0 radical (unpaired) electrons. The minimum Gasteiger partial charge on any atom is -0.436 e. The predicted molar refractivity (Wildman–Crippen MR) is 243 cm³/mol. The van der Waals surface area contributed by atoms with Crippen molar-refractivity contribution in [2.24, 2.45) is 0 Å². The number of hydrogen-bond donors (Lipinski definition) is 0. The highest BCUT2D eigenvalue weighted by molar-refractivity contribution is 7.25. The third-order valence-electron chi connectivity index (χ3n) is 12.5. The van der Waals surface area contributed by atoms with E-state index in [1.165, 1.54) is 86.5 Å². The Kier molecular flexibility index (Phi) is 6.54. The fourth-order valence-corrected chi connectivity index (χ4v) is 10.7. The molecule has 0 aliphatic carbocycles. The Morgan fingerprint density at radius 3 is 2.14 bits per heavy atom. The number of thiophene rings is 1. The molecule has 0 atom stereocenters. The molecule has 2 aliphatic heterocycles. The molecule has 0 bridgehead atoms. The lowest BCUT2D eigenvalue weighted by Crippen LogP contribution is -2.60. The number of nitrogens with zero attached hydrogens (tertiary/aromatic N) is 3. The summed E-state index contributed by atoms with van der Waals surface area (Å²) in [6, 6.07) is 49.8. The summed E-state index contributed by atoms with van der Waals surface area (Å²) in [5.41, 5.74) is 16.5. The van der Waals surface area contributed by atoms with Crippen LogP contribution >= 0.6 is 11.3 Å². The van der Waals surface area contributed by atoms with Crippen LogP contribution < -0.4 is 15.7 Å². The van der Waals surface area contributed by atoms with Gasteiger partial charge in [-0.3, -0.25) is 0 Å².